The Hall–Kier alpha value is 0.231. The summed E-state index contributed by atoms with van der Waals surface area (Å²) in [6.07, 6.45) is 0.666. The minimum atomic E-state index is -3.79. The molecule has 142 valence electrons. The van der Waals surface area contributed by atoms with Crippen molar-refractivity contribution in [3.8, 4) is 0 Å². The van der Waals surface area contributed by atoms with E-state index in [4.69, 9.17) is 4.52 Å². The molecule has 0 spiro atoms. The van der Waals surface area contributed by atoms with E-state index >= 15 is 0 Å². The van der Waals surface area contributed by atoms with Crippen LogP contribution in [0.5, 0.6) is 0 Å². The van der Waals surface area contributed by atoms with E-state index in [-0.39, 0.29) is 6.61 Å². The zero-order valence-corrected chi connectivity index (χ0v) is 20.7. The molecule has 1 heterocycles. The molecule has 24 heavy (non-hydrogen) atoms. The summed E-state index contributed by atoms with van der Waals surface area (Å²) in [5.41, 5.74) is -2.11. The summed E-state index contributed by atoms with van der Waals surface area (Å²) in [5, 5.41) is 11.5. The van der Waals surface area contributed by atoms with Crippen LogP contribution >= 0.6 is 7.60 Å². The van der Waals surface area contributed by atoms with Gasteiger partial charge in [-0.05, 0) is 26.1 Å². The molecule has 1 fully saturated rings. The summed E-state index contributed by atoms with van der Waals surface area (Å²) >= 11 is 0. The zero-order chi connectivity index (χ0) is 19.4. The summed E-state index contributed by atoms with van der Waals surface area (Å²) in [7, 11) is -10.6. The zero-order valence-electron chi connectivity index (χ0n) is 16.8. The van der Waals surface area contributed by atoms with Gasteiger partial charge in [-0.3, -0.25) is 4.52 Å². The first-order valence-corrected chi connectivity index (χ1v) is 20.2. The van der Waals surface area contributed by atoms with Crippen LogP contribution in [-0.4, -0.2) is 48.2 Å². The highest BCUT2D eigenvalue weighted by atomic mass is 31.2. The lowest BCUT2D eigenvalue weighted by Crippen LogP contribution is -2.74. The van der Waals surface area contributed by atoms with E-state index < -0.39 is 44.0 Å². The Morgan fingerprint density at radius 2 is 1.50 bits per heavy atom. The Balaban J connectivity index is 3.57. The van der Waals surface area contributed by atoms with Crippen LogP contribution in [0, 0.1) is 0 Å². The number of hydrogen-bond donors (Lipinski definition) is 1. The molecule has 2 atom stereocenters. The predicted octanol–water partition coefficient (Wildman–Crippen LogP) is 4.40. The van der Waals surface area contributed by atoms with Crippen molar-refractivity contribution >= 4 is 38.5 Å². The second kappa shape index (κ2) is 6.44. The number of rotatable bonds is 7. The Bertz CT molecular complexity index is 534. The molecular weight excluding hydrogens is 379 g/mol. The molecule has 2 unspecified atom stereocenters. The van der Waals surface area contributed by atoms with Crippen LogP contribution in [0.15, 0.2) is 0 Å². The monoisotopic (exact) mass is 414 g/mol. The largest absolute Gasteiger partial charge is 0.631 e. The van der Waals surface area contributed by atoms with Crippen LogP contribution < -0.4 is 0 Å². The van der Waals surface area contributed by atoms with Gasteiger partial charge in [0.1, 0.15) is 0 Å². The molecule has 0 aromatic rings. The first-order chi connectivity index (χ1) is 10.5. The van der Waals surface area contributed by atoms with Crippen molar-refractivity contribution < 1.29 is 26.6 Å². The predicted molar refractivity (Wildman–Crippen MR) is 106 cm³/mol. The maximum atomic E-state index is 13.8. The van der Waals surface area contributed by atoms with Crippen molar-refractivity contribution in [2.24, 2.45) is 0 Å². The standard InChI is InChI=1S/C14H35O6PSi3/c1-11-12-18-21(17)14(16,13(15)19(21)22(2,3)4)20(23(5,6)7)24(8,9)10/h16H,11-12H2,1-10H3/q+2. The van der Waals surface area contributed by atoms with Crippen LogP contribution in [0.25, 0.3) is 0 Å². The maximum absolute atomic E-state index is 13.8. The topological polar surface area (TPSA) is 69.0 Å². The molecule has 0 amide bonds. The lowest BCUT2D eigenvalue weighted by Gasteiger charge is -2.58. The third-order valence-corrected chi connectivity index (χ3v) is 16.7. The van der Waals surface area contributed by atoms with Gasteiger partial charge in [0, 0.05) is 39.3 Å². The fraction of sp³-hybridized carbons (Fsp3) is 0.929. The quantitative estimate of drug-likeness (QED) is 0.290. The van der Waals surface area contributed by atoms with Crippen molar-refractivity contribution in [1.82, 2.24) is 0 Å². The Labute approximate surface area is 149 Å². The highest BCUT2D eigenvalue weighted by Gasteiger charge is 2.91. The molecule has 0 saturated carbocycles. The van der Waals surface area contributed by atoms with Crippen LogP contribution in [0.2, 0.25) is 58.9 Å². The van der Waals surface area contributed by atoms with Gasteiger partial charge in [-0.25, -0.2) is 4.57 Å². The van der Waals surface area contributed by atoms with Crippen molar-refractivity contribution in [1.29, 1.82) is 0 Å². The van der Waals surface area contributed by atoms with Crippen molar-refractivity contribution in [2.75, 3.05) is 6.61 Å². The average Bonchev–Trinajstić information content (AvgIpc) is 2.30. The average molecular weight is 415 g/mol. The molecular formula is C14H35O6PSi3+2. The highest BCUT2D eigenvalue weighted by molar-refractivity contribution is 7.62. The van der Waals surface area contributed by atoms with E-state index in [0.29, 0.717) is 6.42 Å². The third kappa shape index (κ3) is 3.41. The van der Waals surface area contributed by atoms with Gasteiger partial charge in [-0.15, -0.1) is 0 Å². The van der Waals surface area contributed by atoms with Gasteiger partial charge < -0.3 is 12.7 Å². The molecule has 1 aliphatic rings. The van der Waals surface area contributed by atoms with Gasteiger partial charge in [-0.1, -0.05) is 6.92 Å². The summed E-state index contributed by atoms with van der Waals surface area (Å²) in [6, 6.07) is 0. The SMILES string of the molecule is CCCOP1(=O)[O+]([Si](C)(C)C)C(=O)C1(O)[O+]([Si](C)(C)C)[Si](C)(C)C. The molecule has 10 heteroatoms. The van der Waals surface area contributed by atoms with E-state index in [0.717, 1.165) is 0 Å². The normalized spacial score (nSPS) is 29.2. The summed E-state index contributed by atoms with van der Waals surface area (Å²) in [6.45, 7) is 20.1. The van der Waals surface area contributed by atoms with E-state index in [1.165, 1.54) is 0 Å². The van der Waals surface area contributed by atoms with Crippen molar-refractivity contribution in [3.05, 3.63) is 0 Å². The van der Waals surface area contributed by atoms with Gasteiger partial charge in [0.2, 0.25) is 0 Å². The third-order valence-electron chi connectivity index (χ3n) is 3.61. The summed E-state index contributed by atoms with van der Waals surface area (Å²) in [4.78, 5) is 13.0. The minimum absolute atomic E-state index is 0.243. The van der Waals surface area contributed by atoms with Crippen LogP contribution in [0.3, 0.4) is 0 Å². The summed E-state index contributed by atoms with van der Waals surface area (Å²) < 4.78 is 24.9. The minimum Gasteiger partial charge on any atom is -0.567 e. The number of hydrogen-bond acceptors (Lipinski definition) is 4. The van der Waals surface area contributed by atoms with Crippen molar-refractivity contribution in [3.63, 3.8) is 0 Å². The van der Waals surface area contributed by atoms with E-state index in [1.807, 2.05) is 65.8 Å². The van der Waals surface area contributed by atoms with Gasteiger partial charge in [-0.2, -0.15) is 0 Å². The molecule has 0 radical (unpaired) electrons. The lowest BCUT2D eigenvalue weighted by atomic mass is 10.5. The molecule has 0 aliphatic carbocycles. The molecule has 1 saturated heterocycles. The molecule has 1 aliphatic heterocycles. The lowest BCUT2D eigenvalue weighted by molar-refractivity contribution is -0.232. The Kier molecular flexibility index (Phi) is 5.97. The molecule has 1 N–H and O–H groups in total. The van der Waals surface area contributed by atoms with E-state index in [9.17, 15) is 14.5 Å². The van der Waals surface area contributed by atoms with Gasteiger partial charge in [0.05, 0.1) is 11.4 Å². The summed E-state index contributed by atoms with van der Waals surface area (Å²) in [5.74, 6) is -0.545. The molecule has 1 rings (SSSR count). The molecule has 6 nitrogen and oxygen atoms in total. The highest BCUT2D eigenvalue weighted by Crippen LogP contribution is 2.78. The number of carbonyl (C=O) groups is 1. The first-order valence-electron chi connectivity index (χ1n) is 8.47. The maximum Gasteiger partial charge on any atom is 0.631 e. The molecule has 0 bridgehead atoms. The van der Waals surface area contributed by atoms with Gasteiger partial charge in [0.15, 0.2) is 0 Å². The van der Waals surface area contributed by atoms with E-state index in [1.54, 1.807) is 0 Å². The fourth-order valence-electron chi connectivity index (χ4n) is 3.39. The van der Waals surface area contributed by atoms with Crippen LogP contribution in [-0.2, 0) is 21.5 Å². The van der Waals surface area contributed by atoms with Gasteiger partial charge >= 0.3 is 44.0 Å². The molecule has 0 aromatic heterocycles. The van der Waals surface area contributed by atoms with Gasteiger partial charge in [0.25, 0.3) is 0 Å². The van der Waals surface area contributed by atoms with E-state index in [2.05, 4.69) is 7.59 Å². The van der Waals surface area contributed by atoms with Crippen LogP contribution in [0.4, 0.5) is 0 Å². The second-order valence-corrected chi connectivity index (χ2v) is 26.0. The van der Waals surface area contributed by atoms with Crippen LogP contribution in [0.1, 0.15) is 13.3 Å². The smallest absolute Gasteiger partial charge is 0.567 e. The van der Waals surface area contributed by atoms with Crippen molar-refractivity contribution in [2.45, 2.75) is 77.8 Å². The fourth-order valence-corrected chi connectivity index (χ4v) is 20.8. The first kappa shape index (κ1) is 22.3. The Morgan fingerprint density at radius 1 is 1.08 bits per heavy atom. The molecule has 0 aromatic carbocycles. The Morgan fingerprint density at radius 3 is 1.79 bits per heavy atom. The second-order valence-electron chi connectivity index (χ2n) is 9.15. The number of carbonyl (C=O) groups excluding carboxylic acids is 1. The number of aliphatic hydroxyl groups is 1.